The van der Waals surface area contributed by atoms with E-state index in [1.165, 1.54) is 30.0 Å². The monoisotopic (exact) mass is 612 g/mol. The Morgan fingerprint density at radius 3 is 2.36 bits per heavy atom. The minimum absolute atomic E-state index is 0.0554. The van der Waals surface area contributed by atoms with Crippen LogP contribution in [0.1, 0.15) is 28.4 Å². The lowest BCUT2D eigenvalue weighted by molar-refractivity contribution is -0.275. The number of nitrogens with two attached hydrogens (primary N) is 1. The number of hydrogen-bond donors (Lipinski definition) is 3. The fourth-order valence-electron chi connectivity index (χ4n) is 3.97. The zero-order chi connectivity index (χ0) is 29.1. The lowest BCUT2D eigenvalue weighted by atomic mass is 10.1. The molecular formula is C23H25Cl2F3N4O6S. The van der Waals surface area contributed by atoms with Gasteiger partial charge in [-0.3, -0.25) is 9.69 Å². The Morgan fingerprint density at radius 1 is 1.15 bits per heavy atom. The summed E-state index contributed by atoms with van der Waals surface area (Å²) < 4.78 is 68.8. The molecule has 0 radical (unpaired) electrons. The van der Waals surface area contributed by atoms with Crippen LogP contribution in [0.15, 0.2) is 29.2 Å². The summed E-state index contributed by atoms with van der Waals surface area (Å²) in [5.74, 6) is -1.88. The van der Waals surface area contributed by atoms with Gasteiger partial charge in [-0.05, 0) is 29.8 Å². The van der Waals surface area contributed by atoms with E-state index >= 15 is 0 Å². The second-order valence-electron chi connectivity index (χ2n) is 8.56. The van der Waals surface area contributed by atoms with Gasteiger partial charge in [-0.1, -0.05) is 30.1 Å². The number of carboxylic acid groups (broad SMARTS) is 1. The first-order valence-electron chi connectivity index (χ1n) is 11.5. The number of nitrogen functional groups attached to an aromatic ring is 1. The number of alkyl halides is 3. The van der Waals surface area contributed by atoms with Crippen LogP contribution in [0, 0.1) is 0 Å². The maximum Gasteiger partial charge on any atom is 0.573 e. The van der Waals surface area contributed by atoms with E-state index in [9.17, 15) is 31.2 Å². The number of carbonyl (C=O) groups excluding carboxylic acids is 1. The van der Waals surface area contributed by atoms with Crippen molar-refractivity contribution in [1.29, 1.82) is 0 Å². The Morgan fingerprint density at radius 2 is 1.79 bits per heavy atom. The first-order valence-corrected chi connectivity index (χ1v) is 13.9. The van der Waals surface area contributed by atoms with Gasteiger partial charge in [0.05, 0.1) is 26.9 Å². The van der Waals surface area contributed by atoms with E-state index in [0.29, 0.717) is 0 Å². The zero-order valence-corrected chi connectivity index (χ0v) is 22.8. The van der Waals surface area contributed by atoms with Crippen molar-refractivity contribution in [2.45, 2.75) is 31.3 Å². The number of hydrogen-bond acceptors (Lipinski definition) is 7. The van der Waals surface area contributed by atoms with Crippen molar-refractivity contribution < 1.29 is 41.0 Å². The Kier molecular flexibility index (Phi) is 9.47. The second-order valence-corrected chi connectivity index (χ2v) is 11.6. The number of ether oxygens (including phenoxy) is 1. The van der Waals surface area contributed by atoms with Crippen molar-refractivity contribution in [2.75, 3.05) is 37.7 Å². The molecule has 0 aliphatic carbocycles. The summed E-state index contributed by atoms with van der Waals surface area (Å²) in [5, 5.41) is 11.4. The van der Waals surface area contributed by atoms with Gasteiger partial charge < -0.3 is 25.8 Å². The van der Waals surface area contributed by atoms with Gasteiger partial charge in [-0.25, -0.2) is 13.2 Å². The number of carbonyl (C=O) groups is 2. The summed E-state index contributed by atoms with van der Waals surface area (Å²) in [5.41, 5.74) is 5.37. The van der Waals surface area contributed by atoms with Crippen LogP contribution in [0.25, 0.3) is 0 Å². The average molecular weight is 613 g/mol. The molecule has 1 aliphatic rings. The highest BCUT2D eigenvalue weighted by molar-refractivity contribution is 7.91. The number of amides is 2. The van der Waals surface area contributed by atoms with Crippen LogP contribution >= 0.6 is 23.2 Å². The third kappa shape index (κ3) is 7.59. The molecule has 0 saturated carbocycles. The first kappa shape index (κ1) is 30.6. The highest BCUT2D eigenvalue weighted by Gasteiger charge is 2.34. The van der Waals surface area contributed by atoms with Gasteiger partial charge in [-0.15, -0.1) is 13.2 Å². The normalized spacial score (nSPS) is 14.8. The molecule has 10 nitrogen and oxygen atoms in total. The fraction of sp³-hybridized carbons (Fsp3) is 0.391. The molecule has 2 aromatic rings. The van der Waals surface area contributed by atoms with Crippen LogP contribution in [-0.2, 0) is 22.9 Å². The predicted molar refractivity (Wildman–Crippen MR) is 138 cm³/mol. The smallest absolute Gasteiger partial charge is 0.465 e. The van der Waals surface area contributed by atoms with Gasteiger partial charge in [0.25, 0.3) is 5.91 Å². The van der Waals surface area contributed by atoms with Crippen molar-refractivity contribution in [3.63, 3.8) is 0 Å². The van der Waals surface area contributed by atoms with E-state index in [2.05, 4.69) is 10.1 Å². The van der Waals surface area contributed by atoms with Crippen LogP contribution < -0.4 is 15.8 Å². The Balaban J connectivity index is 1.90. The second kappa shape index (κ2) is 12.1. The fourth-order valence-corrected chi connectivity index (χ4v) is 5.54. The SMILES string of the molecule is CCS(=O)(=O)c1ccc(Cl)cc1CNC(=O)c1cc(OC(F)(F)F)c(CN2CCN(C(=O)O)CC2)c(Cl)c1N. The number of rotatable bonds is 8. The molecule has 3 rings (SSSR count). The van der Waals surface area contributed by atoms with Gasteiger partial charge >= 0.3 is 12.5 Å². The minimum atomic E-state index is -5.12. The van der Waals surface area contributed by atoms with Gasteiger partial charge in [0.1, 0.15) is 5.75 Å². The number of anilines is 1. The molecule has 0 spiro atoms. The molecule has 0 atom stereocenters. The van der Waals surface area contributed by atoms with E-state index in [1.54, 1.807) is 4.90 Å². The Labute approximate surface area is 232 Å². The van der Waals surface area contributed by atoms with Crippen LogP contribution in [0.2, 0.25) is 10.0 Å². The molecule has 214 valence electrons. The quantitative estimate of drug-likeness (QED) is 0.380. The zero-order valence-electron chi connectivity index (χ0n) is 20.5. The standard InChI is InChI=1S/C23H25Cl2F3N4O6S/c1-2-39(36,37)18-4-3-14(24)9-13(18)11-30-21(33)15-10-17(38-23(26,27)28)16(19(25)20(15)29)12-31-5-7-32(8-6-31)22(34)35/h3-4,9-10H,2,5-8,11-12,29H2,1H3,(H,30,33)(H,34,35). The summed E-state index contributed by atoms with van der Waals surface area (Å²) in [4.78, 5) is 26.9. The summed E-state index contributed by atoms with van der Waals surface area (Å²) in [6.07, 6.45) is -6.22. The van der Waals surface area contributed by atoms with Crippen molar-refractivity contribution in [1.82, 2.24) is 15.1 Å². The molecule has 1 heterocycles. The summed E-state index contributed by atoms with van der Waals surface area (Å²) in [6.45, 7) is 1.69. The van der Waals surface area contributed by atoms with Crippen LogP contribution in [0.4, 0.5) is 23.7 Å². The lowest BCUT2D eigenvalue weighted by Crippen LogP contribution is -2.47. The summed E-state index contributed by atoms with van der Waals surface area (Å²) >= 11 is 12.3. The maximum atomic E-state index is 13.3. The molecule has 0 bridgehead atoms. The number of halogens is 5. The topological polar surface area (TPSA) is 142 Å². The molecule has 1 fully saturated rings. The molecule has 1 saturated heterocycles. The lowest BCUT2D eigenvalue weighted by Gasteiger charge is -2.33. The van der Waals surface area contributed by atoms with Crippen molar-refractivity contribution in [2.24, 2.45) is 0 Å². The molecule has 0 aromatic heterocycles. The van der Waals surface area contributed by atoms with E-state index in [4.69, 9.17) is 34.0 Å². The number of benzene rings is 2. The minimum Gasteiger partial charge on any atom is -0.465 e. The van der Waals surface area contributed by atoms with E-state index in [-0.39, 0.29) is 76.8 Å². The Hall–Kier alpha value is -2.94. The number of nitrogens with zero attached hydrogens (tertiary/aromatic N) is 2. The largest absolute Gasteiger partial charge is 0.573 e. The van der Waals surface area contributed by atoms with E-state index in [1.807, 2.05) is 0 Å². The predicted octanol–water partition coefficient (Wildman–Crippen LogP) is 3.99. The van der Waals surface area contributed by atoms with Gasteiger partial charge in [-0.2, -0.15) is 0 Å². The van der Waals surface area contributed by atoms with Gasteiger partial charge in [0.15, 0.2) is 9.84 Å². The summed E-state index contributed by atoms with van der Waals surface area (Å²) in [7, 11) is -3.67. The molecular weight excluding hydrogens is 588 g/mol. The molecule has 1 aliphatic heterocycles. The average Bonchev–Trinajstić information content (AvgIpc) is 2.86. The van der Waals surface area contributed by atoms with E-state index < -0.39 is 39.5 Å². The molecule has 4 N–H and O–H groups in total. The van der Waals surface area contributed by atoms with Gasteiger partial charge in [0.2, 0.25) is 0 Å². The molecule has 2 aromatic carbocycles. The molecule has 39 heavy (non-hydrogen) atoms. The third-order valence-electron chi connectivity index (χ3n) is 6.04. The number of piperazine rings is 1. The highest BCUT2D eigenvalue weighted by atomic mass is 35.5. The van der Waals surface area contributed by atoms with Crippen LogP contribution in [0.3, 0.4) is 0 Å². The van der Waals surface area contributed by atoms with Crippen LogP contribution in [-0.4, -0.2) is 73.6 Å². The van der Waals surface area contributed by atoms with Crippen molar-refractivity contribution in [3.8, 4) is 5.75 Å². The third-order valence-corrected chi connectivity index (χ3v) is 8.53. The van der Waals surface area contributed by atoms with Crippen LogP contribution in [0.5, 0.6) is 5.75 Å². The van der Waals surface area contributed by atoms with E-state index in [0.717, 1.165) is 6.07 Å². The Bertz CT molecular complexity index is 1370. The maximum absolute atomic E-state index is 13.3. The highest BCUT2D eigenvalue weighted by Crippen LogP contribution is 2.38. The number of sulfone groups is 1. The van der Waals surface area contributed by atoms with Crippen molar-refractivity contribution in [3.05, 3.63) is 51.0 Å². The number of nitrogens with one attached hydrogen (secondary N) is 1. The van der Waals surface area contributed by atoms with Gasteiger partial charge in [0, 0.05) is 49.9 Å². The van der Waals surface area contributed by atoms with Crippen molar-refractivity contribution >= 4 is 50.7 Å². The molecule has 16 heteroatoms. The molecule has 0 unspecified atom stereocenters. The molecule has 2 amide bonds. The first-order chi connectivity index (χ1) is 18.1. The summed E-state index contributed by atoms with van der Waals surface area (Å²) in [6, 6.07) is 4.85.